The van der Waals surface area contributed by atoms with Gasteiger partial charge in [0.25, 0.3) is 5.89 Å². The molecule has 2 unspecified atom stereocenters. The molecule has 2 bridgehead atoms. The summed E-state index contributed by atoms with van der Waals surface area (Å²) >= 11 is 0. The molecular weight excluding hydrogens is 380 g/mol. The second-order valence-corrected chi connectivity index (χ2v) is 8.18. The molecule has 2 aromatic rings. The van der Waals surface area contributed by atoms with E-state index in [2.05, 4.69) is 25.0 Å². The van der Waals surface area contributed by atoms with E-state index in [4.69, 9.17) is 4.42 Å². The van der Waals surface area contributed by atoms with Gasteiger partial charge in [-0.05, 0) is 31.4 Å². The van der Waals surface area contributed by atoms with Crippen molar-refractivity contribution in [3.8, 4) is 11.5 Å². The van der Waals surface area contributed by atoms with Gasteiger partial charge in [-0.25, -0.2) is 4.98 Å². The van der Waals surface area contributed by atoms with Crippen LogP contribution in [0.3, 0.4) is 0 Å². The number of anilines is 1. The highest BCUT2D eigenvalue weighted by Gasteiger charge is 2.48. The monoisotopic (exact) mass is 403 g/mol. The summed E-state index contributed by atoms with van der Waals surface area (Å²) in [5.41, 5.74) is 0.504. The largest absolute Gasteiger partial charge is 0.415 e. The van der Waals surface area contributed by atoms with E-state index in [1.807, 2.05) is 6.07 Å². The van der Waals surface area contributed by atoms with Gasteiger partial charge in [-0.2, -0.15) is 8.78 Å². The van der Waals surface area contributed by atoms with Crippen LogP contribution >= 0.6 is 0 Å². The van der Waals surface area contributed by atoms with Crippen molar-refractivity contribution in [3.63, 3.8) is 0 Å². The Bertz CT molecular complexity index is 869. The fourth-order valence-corrected chi connectivity index (χ4v) is 4.86. The molecule has 0 aromatic carbocycles. The Balaban J connectivity index is 1.23. The van der Waals surface area contributed by atoms with E-state index in [1.165, 1.54) is 19.3 Å². The van der Waals surface area contributed by atoms with Crippen LogP contribution in [0.2, 0.25) is 0 Å². The average molecular weight is 403 g/mol. The van der Waals surface area contributed by atoms with Gasteiger partial charge in [0.05, 0.1) is 17.6 Å². The van der Waals surface area contributed by atoms with Gasteiger partial charge in [-0.15, -0.1) is 10.2 Å². The molecule has 2 atom stereocenters. The number of aromatic nitrogens is 3. The fourth-order valence-electron chi connectivity index (χ4n) is 4.86. The zero-order valence-corrected chi connectivity index (χ0v) is 16.0. The summed E-state index contributed by atoms with van der Waals surface area (Å²) in [6.45, 7) is 1.55. The van der Waals surface area contributed by atoms with Crippen LogP contribution in [0, 0.1) is 5.92 Å². The van der Waals surface area contributed by atoms with Crippen molar-refractivity contribution in [1.82, 2.24) is 20.1 Å². The summed E-state index contributed by atoms with van der Waals surface area (Å²) in [7, 11) is 0. The van der Waals surface area contributed by atoms with Crippen LogP contribution in [0.4, 0.5) is 14.6 Å². The molecule has 0 N–H and O–H groups in total. The second-order valence-electron chi connectivity index (χ2n) is 8.18. The first-order valence-corrected chi connectivity index (χ1v) is 10.3. The van der Waals surface area contributed by atoms with Gasteiger partial charge < -0.3 is 14.2 Å². The van der Waals surface area contributed by atoms with E-state index in [-0.39, 0.29) is 23.9 Å². The maximum Gasteiger partial charge on any atom is 0.314 e. The van der Waals surface area contributed by atoms with Gasteiger partial charge in [0.2, 0.25) is 11.8 Å². The molecule has 1 saturated carbocycles. The molecule has 3 saturated heterocycles. The Morgan fingerprint density at radius 2 is 1.86 bits per heavy atom. The Kier molecular flexibility index (Phi) is 4.67. The minimum Gasteiger partial charge on any atom is -0.415 e. The summed E-state index contributed by atoms with van der Waals surface area (Å²) in [6.07, 6.45) is 5.48. The van der Waals surface area contributed by atoms with Gasteiger partial charge in [-0.1, -0.05) is 19.3 Å². The number of carbonyl (C=O) groups is 1. The van der Waals surface area contributed by atoms with Crippen LogP contribution in [-0.4, -0.2) is 51.2 Å². The Morgan fingerprint density at radius 1 is 1.10 bits per heavy atom. The van der Waals surface area contributed by atoms with Gasteiger partial charge in [0.15, 0.2) is 0 Å². The van der Waals surface area contributed by atoms with Crippen molar-refractivity contribution in [1.29, 1.82) is 0 Å². The molecule has 3 aliphatic heterocycles. The van der Waals surface area contributed by atoms with Gasteiger partial charge >= 0.3 is 6.43 Å². The van der Waals surface area contributed by atoms with Crippen molar-refractivity contribution in [3.05, 3.63) is 24.2 Å². The van der Waals surface area contributed by atoms with Gasteiger partial charge in [-0.3, -0.25) is 4.79 Å². The number of halogens is 2. The van der Waals surface area contributed by atoms with Crippen molar-refractivity contribution in [2.24, 2.45) is 5.92 Å². The standard InChI is InChI=1S/C20H23F2N5O2/c21-17(22)19-25-24-18(29-19)13-6-7-16(23-9-13)26-10-14-8-15(11-26)27(14)20(28)12-4-2-1-3-5-12/h6-7,9,12,14-15,17H,1-5,8,10-11H2. The van der Waals surface area contributed by atoms with E-state index < -0.39 is 12.3 Å². The number of nitrogens with zero attached hydrogens (tertiary/aromatic N) is 5. The molecule has 1 amide bonds. The molecule has 7 nitrogen and oxygen atoms in total. The van der Waals surface area contributed by atoms with Gasteiger partial charge in [0, 0.05) is 25.2 Å². The molecule has 1 aliphatic carbocycles. The lowest BCUT2D eigenvalue weighted by Gasteiger charge is -2.57. The number of amides is 1. The highest BCUT2D eigenvalue weighted by Crippen LogP contribution is 2.37. The molecule has 6 rings (SSSR count). The molecule has 2 aromatic heterocycles. The molecule has 4 fully saturated rings. The van der Waals surface area contributed by atoms with E-state index in [1.54, 1.807) is 12.3 Å². The third-order valence-electron chi connectivity index (χ3n) is 6.35. The maximum absolute atomic E-state index is 12.9. The molecule has 29 heavy (non-hydrogen) atoms. The smallest absolute Gasteiger partial charge is 0.314 e. The molecule has 9 heteroatoms. The predicted molar refractivity (Wildman–Crippen MR) is 100 cm³/mol. The third kappa shape index (κ3) is 3.36. The first-order chi connectivity index (χ1) is 14.1. The van der Waals surface area contributed by atoms with Gasteiger partial charge in [0.1, 0.15) is 5.82 Å². The minimum absolute atomic E-state index is 0.0325. The van der Waals surface area contributed by atoms with Crippen molar-refractivity contribution in [2.75, 3.05) is 18.0 Å². The Hall–Kier alpha value is -2.58. The summed E-state index contributed by atoms with van der Waals surface area (Å²) in [6, 6.07) is 4.10. The first kappa shape index (κ1) is 18.4. The number of fused-ring (bicyclic) bond motifs is 2. The zero-order valence-electron chi connectivity index (χ0n) is 16.0. The maximum atomic E-state index is 12.9. The number of piperazine rings is 1. The quantitative estimate of drug-likeness (QED) is 0.779. The van der Waals surface area contributed by atoms with Crippen molar-refractivity contribution < 1.29 is 18.0 Å². The summed E-state index contributed by atoms with van der Waals surface area (Å²) in [5, 5.41) is 6.99. The van der Waals surface area contributed by atoms with Crippen LogP contribution in [0.5, 0.6) is 0 Å². The summed E-state index contributed by atoms with van der Waals surface area (Å²) in [5.74, 6) is 0.709. The predicted octanol–water partition coefficient (Wildman–Crippen LogP) is 3.44. The van der Waals surface area contributed by atoms with E-state index in [9.17, 15) is 13.6 Å². The second kappa shape index (κ2) is 7.35. The number of carbonyl (C=O) groups excluding carboxylic acids is 1. The minimum atomic E-state index is -2.79. The lowest BCUT2D eigenvalue weighted by molar-refractivity contribution is -0.151. The van der Waals surface area contributed by atoms with E-state index in [0.717, 1.165) is 38.2 Å². The number of alkyl halides is 2. The van der Waals surface area contributed by atoms with Crippen LogP contribution in [0.15, 0.2) is 22.7 Å². The van der Waals surface area contributed by atoms with Crippen molar-refractivity contribution >= 4 is 11.7 Å². The number of pyridine rings is 1. The Labute approximate surface area is 167 Å². The number of hydrogen-bond acceptors (Lipinski definition) is 6. The SMILES string of the molecule is O=C(C1CCCCC1)N1C2CC1CN(c1ccc(-c3nnc(C(F)F)o3)cn1)C2. The number of piperidine rings is 1. The van der Waals surface area contributed by atoms with E-state index >= 15 is 0 Å². The average Bonchev–Trinajstić information content (AvgIpc) is 3.25. The molecule has 5 heterocycles. The fraction of sp³-hybridized carbons (Fsp3) is 0.600. The zero-order chi connectivity index (χ0) is 20.0. The van der Waals surface area contributed by atoms with Crippen LogP contribution in [0.1, 0.15) is 50.8 Å². The number of hydrogen-bond donors (Lipinski definition) is 0. The normalized spacial score (nSPS) is 24.7. The van der Waals surface area contributed by atoms with Crippen LogP contribution in [0.25, 0.3) is 11.5 Å². The summed E-state index contributed by atoms with van der Waals surface area (Å²) in [4.78, 5) is 21.7. The summed E-state index contributed by atoms with van der Waals surface area (Å²) < 4.78 is 30.2. The lowest BCUT2D eigenvalue weighted by atomic mass is 9.82. The van der Waals surface area contributed by atoms with E-state index in [0.29, 0.717) is 11.5 Å². The third-order valence-corrected chi connectivity index (χ3v) is 6.35. The first-order valence-electron chi connectivity index (χ1n) is 10.3. The molecule has 0 radical (unpaired) electrons. The molecule has 0 spiro atoms. The molecule has 4 aliphatic rings. The Morgan fingerprint density at radius 3 is 2.48 bits per heavy atom. The van der Waals surface area contributed by atoms with Crippen LogP contribution in [-0.2, 0) is 4.79 Å². The lowest BCUT2D eigenvalue weighted by Crippen LogP contribution is -2.71. The van der Waals surface area contributed by atoms with Crippen molar-refractivity contribution in [2.45, 2.75) is 57.0 Å². The highest BCUT2D eigenvalue weighted by atomic mass is 19.3. The molecule has 154 valence electrons. The topological polar surface area (TPSA) is 75.4 Å². The number of rotatable bonds is 4. The molecular formula is C20H23F2N5O2. The van der Waals surface area contributed by atoms with Crippen LogP contribution < -0.4 is 4.90 Å². The highest BCUT2D eigenvalue weighted by molar-refractivity contribution is 5.81.